The number of hydrogen-bond donors (Lipinski definition) is 0. The number of hydrogen-bond acceptors (Lipinski definition) is 5. The average Bonchev–Trinajstić information content (AvgIpc) is 3.19. The number of pyridine rings is 1. The van der Waals surface area contributed by atoms with Crippen LogP contribution in [0.1, 0.15) is 29.5 Å². The zero-order valence-corrected chi connectivity index (χ0v) is 19.6. The molecule has 0 N–H and O–H groups in total. The molecule has 0 radical (unpaired) electrons. The Kier molecular flexibility index (Phi) is 5.81. The Morgan fingerprint density at radius 3 is 2.72 bits per heavy atom. The van der Waals surface area contributed by atoms with Gasteiger partial charge in [0, 0.05) is 23.9 Å². The molecular formula is C26H23N3OS2. The quantitative estimate of drug-likeness (QED) is 0.218. The Balaban J connectivity index is 1.60. The highest BCUT2D eigenvalue weighted by Crippen LogP contribution is 2.32. The maximum Gasteiger partial charge on any atom is 0.272 e. The molecule has 0 aliphatic carbocycles. The van der Waals surface area contributed by atoms with Gasteiger partial charge in [-0.2, -0.15) is 0 Å². The highest BCUT2D eigenvalue weighted by molar-refractivity contribution is 7.98. The van der Waals surface area contributed by atoms with Gasteiger partial charge in [0.2, 0.25) is 0 Å². The molecule has 5 aromatic rings. The number of thioether (sulfide) groups is 1. The van der Waals surface area contributed by atoms with E-state index < -0.39 is 0 Å². The first-order valence-electron chi connectivity index (χ1n) is 10.6. The molecule has 0 bridgehead atoms. The first kappa shape index (κ1) is 20.9. The number of benzene rings is 2. The van der Waals surface area contributed by atoms with E-state index in [1.807, 2.05) is 34.9 Å². The predicted octanol–water partition coefficient (Wildman–Crippen LogP) is 6.41. The van der Waals surface area contributed by atoms with E-state index in [0.29, 0.717) is 11.2 Å². The molecule has 0 saturated heterocycles. The highest BCUT2D eigenvalue weighted by Gasteiger charge is 2.19. The fourth-order valence-electron chi connectivity index (χ4n) is 3.92. The van der Waals surface area contributed by atoms with Gasteiger partial charge in [0.15, 0.2) is 5.16 Å². The van der Waals surface area contributed by atoms with Crippen LogP contribution < -0.4 is 5.56 Å². The molecule has 2 aromatic carbocycles. The maximum absolute atomic E-state index is 13.6. The fraction of sp³-hybridized carbons (Fsp3) is 0.192. The first-order chi connectivity index (χ1) is 15.6. The van der Waals surface area contributed by atoms with Crippen molar-refractivity contribution in [2.24, 2.45) is 0 Å². The van der Waals surface area contributed by atoms with Crippen LogP contribution >= 0.6 is 23.1 Å². The summed E-state index contributed by atoms with van der Waals surface area (Å²) in [6, 6.07) is 22.7. The molecule has 0 saturated carbocycles. The summed E-state index contributed by atoms with van der Waals surface area (Å²) in [7, 11) is 0. The van der Waals surface area contributed by atoms with Crippen molar-refractivity contribution in [2.75, 3.05) is 0 Å². The van der Waals surface area contributed by atoms with Gasteiger partial charge in [-0.15, -0.1) is 11.3 Å². The van der Waals surface area contributed by atoms with E-state index in [2.05, 4.69) is 55.2 Å². The molecule has 4 nitrogen and oxygen atoms in total. The lowest BCUT2D eigenvalue weighted by Crippen LogP contribution is -2.25. The first-order valence-corrected chi connectivity index (χ1v) is 12.4. The van der Waals surface area contributed by atoms with E-state index in [0.717, 1.165) is 26.6 Å². The minimum Gasteiger partial charge on any atom is -0.286 e. The maximum atomic E-state index is 13.6. The third-order valence-corrected chi connectivity index (χ3v) is 7.73. The number of aryl methyl sites for hydroxylation is 1. The second-order valence-electron chi connectivity index (χ2n) is 8.04. The van der Waals surface area contributed by atoms with Crippen molar-refractivity contribution in [1.82, 2.24) is 14.5 Å². The Labute approximate surface area is 195 Å². The molecule has 5 rings (SSSR count). The van der Waals surface area contributed by atoms with Gasteiger partial charge >= 0.3 is 0 Å². The molecule has 0 fully saturated rings. The molecule has 3 heterocycles. The topological polar surface area (TPSA) is 47.8 Å². The molecule has 0 aliphatic heterocycles. The third-order valence-electron chi connectivity index (χ3n) is 5.59. The van der Waals surface area contributed by atoms with Crippen molar-refractivity contribution in [1.29, 1.82) is 0 Å². The van der Waals surface area contributed by atoms with Crippen molar-refractivity contribution >= 4 is 43.5 Å². The van der Waals surface area contributed by atoms with Crippen molar-refractivity contribution < 1.29 is 0 Å². The summed E-state index contributed by atoms with van der Waals surface area (Å²) in [5.74, 6) is 0.957. The second kappa shape index (κ2) is 8.88. The van der Waals surface area contributed by atoms with Gasteiger partial charge in [0.1, 0.15) is 9.53 Å². The van der Waals surface area contributed by atoms with Gasteiger partial charge < -0.3 is 0 Å². The fourth-order valence-corrected chi connectivity index (χ4v) is 5.90. The van der Waals surface area contributed by atoms with Crippen LogP contribution in [0.25, 0.3) is 20.4 Å². The van der Waals surface area contributed by atoms with Crippen LogP contribution in [0, 0.1) is 6.92 Å². The lowest BCUT2D eigenvalue weighted by molar-refractivity contribution is 0.532. The number of nitrogens with zero attached hydrogens (tertiary/aromatic N) is 3. The van der Waals surface area contributed by atoms with Crippen LogP contribution in [0.4, 0.5) is 0 Å². The number of thiophene rings is 1. The third kappa shape index (κ3) is 4.08. The Morgan fingerprint density at radius 1 is 1.06 bits per heavy atom. The number of fused-ring (bicyclic) bond motifs is 3. The van der Waals surface area contributed by atoms with Crippen molar-refractivity contribution in [3.63, 3.8) is 0 Å². The molecule has 0 spiro atoms. The van der Waals surface area contributed by atoms with E-state index in [-0.39, 0.29) is 11.5 Å². The van der Waals surface area contributed by atoms with E-state index in [1.165, 1.54) is 28.0 Å². The lowest BCUT2D eigenvalue weighted by atomic mass is 10.0. The van der Waals surface area contributed by atoms with E-state index >= 15 is 0 Å². The standard InChI is InChI=1S/C26H23N3OS2/c1-17-8-6-9-19(14-17)16-31-26-28-22-21-12-7-13-27-24(21)32-23(22)25(30)29(26)15-18(2)20-10-4-3-5-11-20/h3-14,18H,15-16H2,1-2H3/t18-/m0/s1. The van der Waals surface area contributed by atoms with Crippen molar-refractivity contribution in [2.45, 2.75) is 37.2 Å². The van der Waals surface area contributed by atoms with Gasteiger partial charge in [-0.05, 0) is 36.1 Å². The number of aromatic nitrogens is 3. The van der Waals surface area contributed by atoms with Crippen LogP contribution in [0.3, 0.4) is 0 Å². The van der Waals surface area contributed by atoms with Crippen LogP contribution in [-0.2, 0) is 12.3 Å². The van der Waals surface area contributed by atoms with Crippen LogP contribution in [0.15, 0.2) is 82.9 Å². The van der Waals surface area contributed by atoms with Gasteiger partial charge in [0.25, 0.3) is 5.56 Å². The van der Waals surface area contributed by atoms with Crippen LogP contribution in [0.5, 0.6) is 0 Å². The Hall–Kier alpha value is -2.96. The summed E-state index contributed by atoms with van der Waals surface area (Å²) >= 11 is 3.06. The molecule has 160 valence electrons. The summed E-state index contributed by atoms with van der Waals surface area (Å²) in [6.07, 6.45) is 1.76. The van der Waals surface area contributed by atoms with Gasteiger partial charge in [-0.3, -0.25) is 9.36 Å². The molecule has 6 heteroatoms. The molecule has 32 heavy (non-hydrogen) atoms. The van der Waals surface area contributed by atoms with E-state index in [9.17, 15) is 4.79 Å². The van der Waals surface area contributed by atoms with E-state index in [1.54, 1.807) is 18.0 Å². The summed E-state index contributed by atoms with van der Waals surface area (Å²) in [5, 5.41) is 1.71. The lowest BCUT2D eigenvalue weighted by Gasteiger charge is -2.17. The van der Waals surface area contributed by atoms with E-state index in [4.69, 9.17) is 4.98 Å². The van der Waals surface area contributed by atoms with Gasteiger partial charge in [0.05, 0.1) is 5.52 Å². The SMILES string of the molecule is Cc1cccc(CSc2nc3c(sc4ncccc43)c(=O)n2C[C@H](C)c2ccccc2)c1. The normalized spacial score (nSPS) is 12.4. The molecule has 0 amide bonds. The molecule has 0 unspecified atom stereocenters. The monoisotopic (exact) mass is 457 g/mol. The second-order valence-corrected chi connectivity index (χ2v) is 9.98. The van der Waals surface area contributed by atoms with Crippen LogP contribution in [-0.4, -0.2) is 14.5 Å². The Morgan fingerprint density at radius 2 is 1.91 bits per heavy atom. The Bertz CT molecular complexity index is 1460. The van der Waals surface area contributed by atoms with Crippen LogP contribution in [0.2, 0.25) is 0 Å². The zero-order chi connectivity index (χ0) is 22.1. The average molecular weight is 458 g/mol. The summed E-state index contributed by atoms with van der Waals surface area (Å²) in [4.78, 5) is 24.0. The minimum atomic E-state index is 0.0209. The van der Waals surface area contributed by atoms with Crippen molar-refractivity contribution in [3.8, 4) is 0 Å². The predicted molar refractivity (Wildman–Crippen MR) is 135 cm³/mol. The summed E-state index contributed by atoms with van der Waals surface area (Å²) in [5.41, 5.74) is 4.46. The summed E-state index contributed by atoms with van der Waals surface area (Å²) in [6.45, 7) is 4.84. The van der Waals surface area contributed by atoms with Gasteiger partial charge in [-0.1, -0.05) is 78.8 Å². The molecule has 0 aliphatic rings. The zero-order valence-electron chi connectivity index (χ0n) is 18.0. The molecule has 1 atom stereocenters. The molecular weight excluding hydrogens is 434 g/mol. The molecule has 3 aromatic heterocycles. The van der Waals surface area contributed by atoms with Gasteiger partial charge in [-0.25, -0.2) is 9.97 Å². The van der Waals surface area contributed by atoms with Crippen molar-refractivity contribution in [3.05, 3.63) is 100.0 Å². The highest BCUT2D eigenvalue weighted by atomic mass is 32.2. The smallest absolute Gasteiger partial charge is 0.272 e. The summed E-state index contributed by atoms with van der Waals surface area (Å²) < 4.78 is 2.54. The number of rotatable bonds is 6. The minimum absolute atomic E-state index is 0.0209. The largest absolute Gasteiger partial charge is 0.286 e.